The smallest absolute Gasteiger partial charge is 0.339 e. The maximum absolute atomic E-state index is 13.5. The second-order valence-corrected chi connectivity index (χ2v) is 5.36. The Morgan fingerprint density at radius 1 is 1.19 bits per heavy atom. The molecule has 0 aliphatic rings. The number of ether oxygens (including phenoxy) is 1. The predicted molar refractivity (Wildman–Crippen MR) is 83.0 cm³/mol. The molecule has 0 unspecified atom stereocenters. The maximum atomic E-state index is 13.5. The summed E-state index contributed by atoms with van der Waals surface area (Å²) in [6.45, 7) is 1.65. The Kier molecular flexibility index (Phi) is 5.21. The number of benzene rings is 2. The molecular weight excluding hydrogens is 314 g/mol. The van der Waals surface area contributed by atoms with Crippen molar-refractivity contribution in [2.24, 2.45) is 0 Å². The third kappa shape index (κ3) is 3.96. The molecule has 5 heteroatoms. The van der Waals surface area contributed by atoms with Gasteiger partial charge < -0.3 is 9.53 Å². The van der Waals surface area contributed by atoms with Gasteiger partial charge in [0, 0.05) is 6.92 Å². The Morgan fingerprint density at radius 3 is 2.52 bits per heavy atom. The van der Waals surface area contributed by atoms with Crippen LogP contribution in [-0.4, -0.2) is 10.8 Å². The molecule has 0 saturated carbocycles. The van der Waals surface area contributed by atoms with E-state index in [0.29, 0.717) is 10.6 Å². The molecule has 0 amide bonds. The van der Waals surface area contributed by atoms with Gasteiger partial charge in [-0.2, -0.15) is 0 Å². The van der Waals surface area contributed by atoms with E-state index in [2.05, 4.69) is 0 Å². The Labute approximate surface area is 132 Å². The van der Waals surface area contributed by atoms with Gasteiger partial charge in [0.15, 0.2) is 0 Å². The molecule has 0 saturated heterocycles. The highest BCUT2D eigenvalue weighted by Gasteiger charge is 2.26. The fourth-order valence-corrected chi connectivity index (χ4v) is 2.67. The van der Waals surface area contributed by atoms with Gasteiger partial charge in [-0.1, -0.05) is 53.5 Å². The van der Waals surface area contributed by atoms with Gasteiger partial charge in [0.1, 0.15) is 12.2 Å². The van der Waals surface area contributed by atoms with Crippen LogP contribution in [0.25, 0.3) is 0 Å². The van der Waals surface area contributed by atoms with Gasteiger partial charge in [-0.3, -0.25) is 0 Å². The van der Waals surface area contributed by atoms with Crippen LogP contribution in [0, 0.1) is 5.82 Å². The lowest BCUT2D eigenvalue weighted by atomic mass is 10.1. The number of rotatable bonds is 4. The Balaban J connectivity index is 2.10. The lowest BCUT2D eigenvalue weighted by molar-refractivity contribution is 0.185. The van der Waals surface area contributed by atoms with Crippen LogP contribution < -0.4 is 0 Å². The second-order valence-electron chi connectivity index (χ2n) is 4.57. The first-order valence-electron chi connectivity index (χ1n) is 6.37. The number of halogens is 3. The Morgan fingerprint density at radius 2 is 1.86 bits per heavy atom. The third-order valence-corrected chi connectivity index (χ3v) is 3.71. The predicted octanol–water partition coefficient (Wildman–Crippen LogP) is 4.96. The average molecular weight is 328 g/mol. The topological polar surface area (TPSA) is 30.6 Å². The first-order valence-corrected chi connectivity index (χ1v) is 7.13. The molecule has 0 bridgehead atoms. The van der Waals surface area contributed by atoms with Gasteiger partial charge in [-0.15, -0.1) is 0 Å². The van der Waals surface area contributed by atoms with Crippen molar-refractivity contribution in [3.8, 4) is 0 Å². The van der Waals surface area contributed by atoms with Crippen molar-refractivity contribution in [1.82, 2.24) is 0 Å². The summed E-state index contributed by atoms with van der Waals surface area (Å²) >= 11 is 11.9. The molecule has 2 aromatic carbocycles. The van der Waals surface area contributed by atoms with Crippen molar-refractivity contribution in [3.63, 3.8) is 0 Å². The zero-order valence-electron chi connectivity index (χ0n) is 11.3. The molecule has 0 radical (unpaired) electrons. The van der Waals surface area contributed by atoms with Crippen molar-refractivity contribution in [2.45, 2.75) is 19.4 Å². The number of esters is 1. The summed E-state index contributed by atoms with van der Waals surface area (Å²) in [6, 6.07) is 12.0. The highest BCUT2D eigenvalue weighted by molar-refractivity contribution is 6.36. The Hall–Kier alpha value is -1.58. The van der Waals surface area contributed by atoms with Crippen LogP contribution in [0.4, 0.5) is 4.39 Å². The molecular formula is C16H14Cl2FO2+. The van der Waals surface area contributed by atoms with E-state index in [1.165, 1.54) is 12.1 Å². The van der Waals surface area contributed by atoms with E-state index in [-0.39, 0.29) is 17.4 Å². The number of hydrogen-bond donors (Lipinski definition) is 0. The molecule has 0 heterocycles. The lowest BCUT2D eigenvalue weighted by Gasteiger charge is -2.11. The van der Waals surface area contributed by atoms with E-state index in [9.17, 15) is 9.18 Å². The zero-order valence-corrected chi connectivity index (χ0v) is 12.8. The summed E-state index contributed by atoms with van der Waals surface area (Å²) < 4.78 is 18.9. The fraction of sp³-hybridized carbons (Fsp3) is 0.188. The van der Waals surface area contributed by atoms with Crippen LogP contribution in [0.5, 0.6) is 0 Å². The molecule has 21 heavy (non-hydrogen) atoms. The molecule has 0 aromatic heterocycles. The summed E-state index contributed by atoms with van der Waals surface area (Å²) in [5.74, 6) is -0.751. The number of carbonyl (C=O) groups excluding carboxylic acids is 1. The largest absolute Gasteiger partial charge is 0.487 e. The van der Waals surface area contributed by atoms with Crippen LogP contribution in [0.2, 0.25) is 10.0 Å². The first kappa shape index (κ1) is 15.8. The summed E-state index contributed by atoms with van der Waals surface area (Å²) in [7, 11) is 0. The van der Waals surface area contributed by atoms with E-state index < -0.39 is 11.9 Å². The molecule has 2 aromatic rings. The molecule has 2 rings (SSSR count). The number of hydrogen-bond acceptors (Lipinski definition) is 1. The molecule has 110 valence electrons. The van der Waals surface area contributed by atoms with Crippen LogP contribution in [0.3, 0.4) is 0 Å². The monoisotopic (exact) mass is 327 g/mol. The van der Waals surface area contributed by atoms with Crippen LogP contribution >= 0.6 is 23.2 Å². The highest BCUT2D eigenvalue weighted by Crippen LogP contribution is 2.34. The Bertz CT molecular complexity index is 644. The summed E-state index contributed by atoms with van der Waals surface area (Å²) in [5, 5.41) is 0.198. The zero-order chi connectivity index (χ0) is 15.4. The van der Waals surface area contributed by atoms with E-state index >= 15 is 0 Å². The normalized spacial score (nSPS) is 12.0. The van der Waals surface area contributed by atoms with Crippen LogP contribution in [0.1, 0.15) is 24.2 Å². The van der Waals surface area contributed by atoms with Gasteiger partial charge in [0.25, 0.3) is 0 Å². The van der Waals surface area contributed by atoms with Crippen LogP contribution in [0.15, 0.2) is 42.5 Å². The summed E-state index contributed by atoms with van der Waals surface area (Å²) in [4.78, 5) is 9.90. The van der Waals surface area contributed by atoms with Crippen molar-refractivity contribution < 1.29 is 13.9 Å². The lowest BCUT2D eigenvalue weighted by Crippen LogP contribution is -2.13. The van der Waals surface area contributed by atoms with Gasteiger partial charge in [0.05, 0.1) is 15.6 Å². The molecule has 1 N–H and O–H groups in total. The minimum atomic E-state index is -0.663. The first-order chi connectivity index (χ1) is 9.99. The molecule has 0 aliphatic carbocycles. The van der Waals surface area contributed by atoms with Crippen molar-refractivity contribution in [3.05, 3.63) is 69.5 Å². The molecule has 2 nitrogen and oxygen atoms in total. The van der Waals surface area contributed by atoms with E-state index in [0.717, 1.165) is 5.56 Å². The third-order valence-electron chi connectivity index (χ3n) is 3.00. The minimum Gasteiger partial charge on any atom is -0.339 e. The summed E-state index contributed by atoms with van der Waals surface area (Å²) in [5.41, 5.74) is 1.22. The molecule has 1 atom stereocenters. The standard InChI is InChI=1S/C16H13Cl2FO2/c1-10(15-12(17)7-8-13(19)16(15)18)21-14(20)9-11-5-3-2-4-6-11/h2-8,10H,9H2,1H3/p+1/t10-/m0/s1. The molecule has 0 aliphatic heterocycles. The fourth-order valence-electron chi connectivity index (χ4n) is 1.99. The van der Waals surface area contributed by atoms with Gasteiger partial charge in [-0.05, 0) is 17.7 Å². The SMILES string of the molecule is C[C@H](OC(=[OH+])Cc1ccccc1)c1c(Cl)ccc(F)c1Cl. The minimum absolute atomic E-state index is 0.0949. The van der Waals surface area contributed by atoms with Crippen molar-refractivity contribution in [1.29, 1.82) is 0 Å². The van der Waals surface area contributed by atoms with E-state index in [1.807, 2.05) is 30.3 Å². The average Bonchev–Trinajstić information content (AvgIpc) is 2.44. The second kappa shape index (κ2) is 6.92. The van der Waals surface area contributed by atoms with Crippen molar-refractivity contribution >= 4 is 29.2 Å². The van der Waals surface area contributed by atoms with E-state index in [1.54, 1.807) is 6.92 Å². The molecule has 0 spiro atoms. The van der Waals surface area contributed by atoms with Crippen LogP contribution in [-0.2, 0) is 11.2 Å². The van der Waals surface area contributed by atoms with Gasteiger partial charge in [-0.25, -0.2) is 4.39 Å². The quantitative estimate of drug-likeness (QED) is 0.443. The summed E-state index contributed by atoms with van der Waals surface area (Å²) in [6.07, 6.45) is -0.417. The van der Waals surface area contributed by atoms with E-state index in [4.69, 9.17) is 27.9 Å². The van der Waals surface area contributed by atoms with Gasteiger partial charge in [0.2, 0.25) is 6.10 Å². The maximum Gasteiger partial charge on any atom is 0.487 e. The van der Waals surface area contributed by atoms with Crippen molar-refractivity contribution in [2.75, 3.05) is 0 Å². The molecule has 0 fully saturated rings. The highest BCUT2D eigenvalue weighted by atomic mass is 35.5. The van der Waals surface area contributed by atoms with Gasteiger partial charge >= 0.3 is 5.97 Å².